The molecule has 1 aliphatic heterocycles. The van der Waals surface area contributed by atoms with Gasteiger partial charge in [-0.15, -0.1) is 0 Å². The van der Waals surface area contributed by atoms with Crippen molar-refractivity contribution >= 4 is 11.6 Å². The predicted octanol–water partition coefficient (Wildman–Crippen LogP) is 2.60. The number of rotatable bonds is 5. The Morgan fingerprint density at radius 2 is 1.72 bits per heavy atom. The number of benzene rings is 1. The average molecular weight is 348 g/mol. The molecule has 2 fully saturated rings. The summed E-state index contributed by atoms with van der Waals surface area (Å²) in [5.41, 5.74) is 0.733. The van der Waals surface area contributed by atoms with Crippen LogP contribution in [0.1, 0.15) is 32.1 Å². The van der Waals surface area contributed by atoms with Gasteiger partial charge in [0.1, 0.15) is 0 Å². The van der Waals surface area contributed by atoms with Crippen LogP contribution in [0.15, 0.2) is 12.1 Å². The van der Waals surface area contributed by atoms with E-state index in [4.69, 9.17) is 14.2 Å². The number of carbonyl (C=O) groups is 1. The fourth-order valence-corrected chi connectivity index (χ4v) is 4.13. The highest BCUT2D eigenvalue weighted by Gasteiger charge is 2.39. The van der Waals surface area contributed by atoms with Crippen molar-refractivity contribution in [3.05, 3.63) is 12.1 Å². The molecule has 1 amide bonds. The standard InChI is InChI=1S/C19H28N2O4/c1-21(13-10-16(23-2)18(25-4)17(11-13)24-3)19(22)15-9-12-7-5-6-8-14(12)20-15/h10-12,14-15,20H,5-9H2,1-4H3. The van der Waals surface area contributed by atoms with Crippen LogP contribution in [-0.2, 0) is 4.79 Å². The lowest BCUT2D eigenvalue weighted by molar-refractivity contribution is -0.120. The SMILES string of the molecule is COc1cc(N(C)C(=O)C2CC3CCCCC3N2)cc(OC)c1OC. The van der Waals surface area contributed by atoms with Gasteiger partial charge in [-0.25, -0.2) is 0 Å². The maximum Gasteiger partial charge on any atom is 0.243 e. The predicted molar refractivity (Wildman–Crippen MR) is 96.8 cm³/mol. The molecule has 6 nitrogen and oxygen atoms in total. The molecule has 3 rings (SSSR count). The van der Waals surface area contributed by atoms with Gasteiger partial charge in [-0.1, -0.05) is 12.8 Å². The van der Waals surface area contributed by atoms with Gasteiger partial charge in [0, 0.05) is 25.2 Å². The third-order valence-electron chi connectivity index (χ3n) is 5.53. The van der Waals surface area contributed by atoms with E-state index in [2.05, 4.69) is 5.32 Å². The molecule has 0 bridgehead atoms. The quantitative estimate of drug-likeness (QED) is 0.886. The van der Waals surface area contributed by atoms with Crippen molar-refractivity contribution in [2.75, 3.05) is 33.3 Å². The number of hydrogen-bond donors (Lipinski definition) is 1. The molecular formula is C19H28N2O4. The molecule has 1 aromatic rings. The maximum atomic E-state index is 13.0. The topological polar surface area (TPSA) is 60.0 Å². The zero-order valence-electron chi connectivity index (χ0n) is 15.5. The lowest BCUT2D eigenvalue weighted by Crippen LogP contribution is -2.44. The molecule has 2 aliphatic rings. The highest BCUT2D eigenvalue weighted by atomic mass is 16.5. The van der Waals surface area contributed by atoms with Crippen molar-refractivity contribution in [2.24, 2.45) is 5.92 Å². The van der Waals surface area contributed by atoms with Crippen molar-refractivity contribution in [1.29, 1.82) is 0 Å². The van der Waals surface area contributed by atoms with Crippen LogP contribution in [0, 0.1) is 5.92 Å². The van der Waals surface area contributed by atoms with E-state index < -0.39 is 0 Å². The summed E-state index contributed by atoms with van der Waals surface area (Å²) in [6.07, 6.45) is 5.89. The Kier molecular flexibility index (Phi) is 5.37. The molecule has 1 heterocycles. The summed E-state index contributed by atoms with van der Waals surface area (Å²) >= 11 is 0. The summed E-state index contributed by atoms with van der Waals surface area (Å²) in [5, 5.41) is 3.54. The van der Waals surface area contributed by atoms with Crippen molar-refractivity contribution in [3.8, 4) is 17.2 Å². The summed E-state index contributed by atoms with van der Waals surface area (Å²) < 4.78 is 16.1. The first-order valence-electron chi connectivity index (χ1n) is 8.92. The van der Waals surface area contributed by atoms with E-state index in [0.29, 0.717) is 29.2 Å². The van der Waals surface area contributed by atoms with Crippen LogP contribution in [-0.4, -0.2) is 46.4 Å². The Balaban J connectivity index is 1.80. The number of likely N-dealkylation sites (N-methyl/N-ethyl adjacent to an activating group) is 1. The van der Waals surface area contributed by atoms with Gasteiger partial charge in [-0.3, -0.25) is 4.79 Å². The minimum atomic E-state index is -0.114. The van der Waals surface area contributed by atoms with Gasteiger partial charge in [0.05, 0.1) is 33.1 Å². The van der Waals surface area contributed by atoms with E-state index in [9.17, 15) is 4.79 Å². The molecule has 0 radical (unpaired) electrons. The van der Waals surface area contributed by atoms with Crippen LogP contribution in [0.3, 0.4) is 0 Å². The molecule has 3 atom stereocenters. The maximum absolute atomic E-state index is 13.0. The molecule has 0 spiro atoms. The first-order chi connectivity index (χ1) is 12.1. The molecule has 138 valence electrons. The first kappa shape index (κ1) is 17.9. The molecule has 3 unspecified atom stereocenters. The summed E-state index contributed by atoms with van der Waals surface area (Å²) in [6.45, 7) is 0. The van der Waals surface area contributed by atoms with Crippen molar-refractivity contribution < 1.29 is 19.0 Å². The van der Waals surface area contributed by atoms with Crippen molar-refractivity contribution in [1.82, 2.24) is 5.32 Å². The number of carbonyl (C=O) groups excluding carboxylic acids is 1. The fourth-order valence-electron chi connectivity index (χ4n) is 4.13. The lowest BCUT2D eigenvalue weighted by atomic mass is 9.85. The number of anilines is 1. The number of methoxy groups -OCH3 is 3. The number of nitrogens with one attached hydrogen (secondary N) is 1. The Bertz CT molecular complexity index is 595. The second-order valence-corrected chi connectivity index (χ2v) is 6.89. The average Bonchev–Trinajstić information content (AvgIpc) is 3.09. The third kappa shape index (κ3) is 3.40. The van der Waals surface area contributed by atoms with Gasteiger partial charge in [0.25, 0.3) is 0 Å². The van der Waals surface area contributed by atoms with Gasteiger partial charge in [-0.05, 0) is 25.2 Å². The van der Waals surface area contributed by atoms with Gasteiger partial charge >= 0.3 is 0 Å². The van der Waals surface area contributed by atoms with Crippen LogP contribution < -0.4 is 24.4 Å². The normalized spacial score (nSPS) is 25.2. The van der Waals surface area contributed by atoms with E-state index in [1.54, 1.807) is 45.4 Å². The van der Waals surface area contributed by atoms with Crippen molar-refractivity contribution in [2.45, 2.75) is 44.2 Å². The van der Waals surface area contributed by atoms with Crippen molar-refractivity contribution in [3.63, 3.8) is 0 Å². The van der Waals surface area contributed by atoms with E-state index in [1.165, 1.54) is 25.7 Å². The Morgan fingerprint density at radius 3 is 2.28 bits per heavy atom. The van der Waals surface area contributed by atoms with Crippen LogP contribution in [0.2, 0.25) is 0 Å². The number of ether oxygens (including phenoxy) is 3. The number of hydrogen-bond acceptors (Lipinski definition) is 5. The Hall–Kier alpha value is -1.95. The summed E-state index contributed by atoms with van der Waals surface area (Å²) in [6, 6.07) is 4.00. The van der Waals surface area contributed by atoms with Gasteiger partial charge < -0.3 is 24.4 Å². The summed E-state index contributed by atoms with van der Waals surface area (Å²) in [5.74, 6) is 2.34. The molecule has 1 N–H and O–H groups in total. The molecule has 6 heteroatoms. The third-order valence-corrected chi connectivity index (χ3v) is 5.53. The van der Waals surface area contributed by atoms with E-state index >= 15 is 0 Å². The Morgan fingerprint density at radius 1 is 1.08 bits per heavy atom. The zero-order chi connectivity index (χ0) is 18.0. The molecule has 0 aromatic heterocycles. The number of amides is 1. The number of nitrogens with zero attached hydrogens (tertiary/aromatic N) is 1. The van der Waals surface area contributed by atoms with Gasteiger partial charge in [0.2, 0.25) is 11.7 Å². The van der Waals surface area contributed by atoms with Crippen LogP contribution in [0.5, 0.6) is 17.2 Å². The molecular weight excluding hydrogens is 320 g/mol. The Labute approximate surface area is 149 Å². The lowest BCUT2D eigenvalue weighted by Gasteiger charge is -2.24. The zero-order valence-corrected chi connectivity index (χ0v) is 15.5. The van der Waals surface area contributed by atoms with Crippen LogP contribution >= 0.6 is 0 Å². The fraction of sp³-hybridized carbons (Fsp3) is 0.632. The van der Waals surface area contributed by atoms with Gasteiger partial charge in [0.15, 0.2) is 11.5 Å². The van der Waals surface area contributed by atoms with E-state index in [1.807, 2.05) is 0 Å². The monoisotopic (exact) mass is 348 g/mol. The molecule has 1 saturated carbocycles. The summed E-state index contributed by atoms with van der Waals surface area (Å²) in [4.78, 5) is 14.7. The smallest absolute Gasteiger partial charge is 0.243 e. The minimum Gasteiger partial charge on any atom is -0.493 e. The molecule has 1 saturated heterocycles. The van der Waals surface area contributed by atoms with Crippen LogP contribution in [0.25, 0.3) is 0 Å². The second-order valence-electron chi connectivity index (χ2n) is 6.89. The molecule has 1 aromatic carbocycles. The minimum absolute atomic E-state index is 0.0867. The molecule has 25 heavy (non-hydrogen) atoms. The van der Waals surface area contributed by atoms with E-state index in [0.717, 1.165) is 12.1 Å². The molecule has 1 aliphatic carbocycles. The first-order valence-corrected chi connectivity index (χ1v) is 8.92. The largest absolute Gasteiger partial charge is 0.493 e. The number of fused-ring (bicyclic) bond motifs is 1. The highest BCUT2D eigenvalue weighted by molar-refractivity contribution is 5.97. The van der Waals surface area contributed by atoms with E-state index in [-0.39, 0.29) is 11.9 Å². The second kappa shape index (κ2) is 7.52. The summed E-state index contributed by atoms with van der Waals surface area (Å²) in [7, 11) is 6.52. The van der Waals surface area contributed by atoms with Crippen LogP contribution in [0.4, 0.5) is 5.69 Å². The highest BCUT2D eigenvalue weighted by Crippen LogP contribution is 2.41. The van der Waals surface area contributed by atoms with Gasteiger partial charge in [-0.2, -0.15) is 0 Å².